The summed E-state index contributed by atoms with van der Waals surface area (Å²) >= 11 is 1.71. The standard InChI is InChI=1S/C26H38N4O3S/c1-16(2)29-10-12-30(13-11-29)19-5-7-20(8-6-19)33-25-24-23-18(14-21(32)17(3)31)4-9-22(23)34-26(24)28-15-27-25/h15-16,18-21,32H,4-14H2,1-3H3/t18-,19?,20?,21+/m1/s1. The van der Waals surface area contributed by atoms with Gasteiger partial charge in [-0.3, -0.25) is 14.6 Å². The van der Waals surface area contributed by atoms with Gasteiger partial charge in [0.25, 0.3) is 0 Å². The molecule has 8 heteroatoms. The molecule has 2 aliphatic carbocycles. The fourth-order valence-corrected chi connectivity index (χ4v) is 7.34. The Morgan fingerprint density at radius 2 is 1.88 bits per heavy atom. The molecule has 186 valence electrons. The number of aliphatic hydroxyl groups is 1. The zero-order chi connectivity index (χ0) is 23.8. The zero-order valence-electron chi connectivity index (χ0n) is 20.7. The number of aliphatic hydroxyl groups excluding tert-OH is 1. The van der Waals surface area contributed by atoms with Gasteiger partial charge in [-0.2, -0.15) is 0 Å². The number of aryl methyl sites for hydroxylation is 1. The monoisotopic (exact) mass is 486 g/mol. The third kappa shape index (κ3) is 4.87. The lowest BCUT2D eigenvalue weighted by atomic mass is 9.91. The third-order valence-corrected chi connectivity index (χ3v) is 9.36. The number of rotatable bonds is 7. The Bertz CT molecular complexity index is 1010. The minimum absolute atomic E-state index is 0.163. The van der Waals surface area contributed by atoms with Crippen LogP contribution in [-0.4, -0.2) is 81.1 Å². The van der Waals surface area contributed by atoms with E-state index < -0.39 is 6.10 Å². The van der Waals surface area contributed by atoms with E-state index in [-0.39, 0.29) is 17.8 Å². The second-order valence-electron chi connectivity index (χ2n) is 10.6. The minimum Gasteiger partial charge on any atom is -0.474 e. The fourth-order valence-electron chi connectivity index (χ4n) is 6.11. The Hall–Kier alpha value is -1.61. The lowest BCUT2D eigenvalue weighted by Gasteiger charge is -2.43. The van der Waals surface area contributed by atoms with Gasteiger partial charge in [0.2, 0.25) is 5.88 Å². The number of thiophene rings is 1. The van der Waals surface area contributed by atoms with Gasteiger partial charge in [0.1, 0.15) is 23.4 Å². The predicted molar refractivity (Wildman–Crippen MR) is 135 cm³/mol. The van der Waals surface area contributed by atoms with Gasteiger partial charge < -0.3 is 9.84 Å². The van der Waals surface area contributed by atoms with Crippen molar-refractivity contribution in [1.82, 2.24) is 19.8 Å². The molecule has 3 heterocycles. The summed E-state index contributed by atoms with van der Waals surface area (Å²) in [6, 6.07) is 1.31. The lowest BCUT2D eigenvalue weighted by Crippen LogP contribution is -2.53. The molecule has 0 amide bonds. The molecule has 0 unspecified atom stereocenters. The highest BCUT2D eigenvalue weighted by Gasteiger charge is 2.34. The number of carbonyl (C=O) groups is 1. The third-order valence-electron chi connectivity index (χ3n) is 8.19. The highest BCUT2D eigenvalue weighted by molar-refractivity contribution is 7.19. The van der Waals surface area contributed by atoms with Crippen molar-refractivity contribution in [2.75, 3.05) is 26.2 Å². The van der Waals surface area contributed by atoms with Crippen molar-refractivity contribution in [3.05, 3.63) is 16.8 Å². The molecule has 2 atom stereocenters. The normalized spacial score (nSPS) is 27.3. The Balaban J connectivity index is 1.25. The number of hydrogen-bond donors (Lipinski definition) is 1. The number of fused-ring (bicyclic) bond motifs is 3. The summed E-state index contributed by atoms with van der Waals surface area (Å²) in [4.78, 5) is 28.3. The molecule has 34 heavy (non-hydrogen) atoms. The van der Waals surface area contributed by atoms with Crippen LogP contribution in [0.3, 0.4) is 0 Å². The molecule has 0 aromatic carbocycles. The Kier molecular flexibility index (Phi) is 7.21. The Morgan fingerprint density at radius 3 is 2.56 bits per heavy atom. The number of aromatic nitrogens is 2. The van der Waals surface area contributed by atoms with E-state index in [1.807, 2.05) is 0 Å². The number of piperazine rings is 1. The molecule has 7 nitrogen and oxygen atoms in total. The maximum absolute atomic E-state index is 11.7. The fraction of sp³-hybridized carbons (Fsp3) is 0.731. The molecule has 2 fully saturated rings. The summed E-state index contributed by atoms with van der Waals surface area (Å²) in [7, 11) is 0. The van der Waals surface area contributed by atoms with E-state index in [2.05, 4.69) is 33.6 Å². The quantitative estimate of drug-likeness (QED) is 0.638. The topological polar surface area (TPSA) is 78.8 Å². The van der Waals surface area contributed by atoms with Gasteiger partial charge in [-0.1, -0.05) is 0 Å². The van der Waals surface area contributed by atoms with E-state index in [0.29, 0.717) is 24.4 Å². The van der Waals surface area contributed by atoms with Crippen LogP contribution in [0.15, 0.2) is 6.33 Å². The summed E-state index contributed by atoms with van der Waals surface area (Å²) < 4.78 is 6.54. The van der Waals surface area contributed by atoms with Crippen molar-refractivity contribution in [2.24, 2.45) is 0 Å². The van der Waals surface area contributed by atoms with E-state index in [0.717, 1.165) is 35.9 Å². The van der Waals surface area contributed by atoms with Gasteiger partial charge >= 0.3 is 0 Å². The van der Waals surface area contributed by atoms with Crippen molar-refractivity contribution in [3.63, 3.8) is 0 Å². The Labute approximate surface area is 206 Å². The van der Waals surface area contributed by atoms with E-state index in [9.17, 15) is 9.90 Å². The van der Waals surface area contributed by atoms with Crippen LogP contribution in [0.5, 0.6) is 5.88 Å². The molecule has 2 aromatic rings. The van der Waals surface area contributed by atoms with Crippen LogP contribution in [0.1, 0.15) is 75.7 Å². The number of hydrogen-bond acceptors (Lipinski definition) is 8. The predicted octanol–water partition coefficient (Wildman–Crippen LogP) is 3.78. The molecule has 1 saturated carbocycles. The first-order valence-corrected chi connectivity index (χ1v) is 13.8. The van der Waals surface area contributed by atoms with E-state index in [1.54, 1.807) is 17.7 Å². The molecule has 5 rings (SSSR count). The van der Waals surface area contributed by atoms with E-state index in [1.165, 1.54) is 56.4 Å². The minimum atomic E-state index is -0.905. The molecular formula is C26H38N4O3S. The summed E-state index contributed by atoms with van der Waals surface area (Å²) in [6.07, 6.45) is 7.76. The number of carbonyl (C=O) groups excluding carboxylic acids is 1. The number of ketones is 1. The zero-order valence-corrected chi connectivity index (χ0v) is 21.5. The van der Waals surface area contributed by atoms with Gasteiger partial charge in [-0.05, 0) is 77.2 Å². The average Bonchev–Trinajstić information content (AvgIpc) is 3.39. The summed E-state index contributed by atoms with van der Waals surface area (Å²) in [5.41, 5.74) is 1.22. The van der Waals surface area contributed by atoms with Crippen LogP contribution < -0.4 is 4.74 Å². The van der Waals surface area contributed by atoms with Crippen molar-refractivity contribution < 1.29 is 14.6 Å². The first kappa shape index (κ1) is 24.1. The van der Waals surface area contributed by atoms with Crippen LogP contribution >= 0.6 is 11.3 Å². The summed E-state index contributed by atoms with van der Waals surface area (Å²) in [6.45, 7) is 10.7. The van der Waals surface area contributed by atoms with Crippen LogP contribution in [0.2, 0.25) is 0 Å². The molecule has 0 spiro atoms. The first-order valence-electron chi connectivity index (χ1n) is 13.0. The van der Waals surface area contributed by atoms with Crippen LogP contribution in [0.4, 0.5) is 0 Å². The van der Waals surface area contributed by atoms with Crippen LogP contribution in [-0.2, 0) is 11.2 Å². The maximum atomic E-state index is 11.7. The molecule has 1 N–H and O–H groups in total. The van der Waals surface area contributed by atoms with Crippen molar-refractivity contribution in [2.45, 2.75) is 95.9 Å². The molecule has 0 bridgehead atoms. The van der Waals surface area contributed by atoms with Gasteiger partial charge in [0.05, 0.1) is 5.39 Å². The molecule has 1 saturated heterocycles. The lowest BCUT2D eigenvalue weighted by molar-refractivity contribution is -0.125. The molecule has 1 aliphatic heterocycles. The molecular weight excluding hydrogens is 448 g/mol. The average molecular weight is 487 g/mol. The second kappa shape index (κ2) is 10.2. The summed E-state index contributed by atoms with van der Waals surface area (Å²) in [5, 5.41) is 11.2. The number of ether oxygens (including phenoxy) is 1. The van der Waals surface area contributed by atoms with Crippen molar-refractivity contribution in [1.29, 1.82) is 0 Å². The maximum Gasteiger partial charge on any atom is 0.225 e. The smallest absolute Gasteiger partial charge is 0.225 e. The largest absolute Gasteiger partial charge is 0.474 e. The Morgan fingerprint density at radius 1 is 1.15 bits per heavy atom. The van der Waals surface area contributed by atoms with Crippen LogP contribution in [0, 0.1) is 0 Å². The van der Waals surface area contributed by atoms with Crippen molar-refractivity contribution >= 4 is 27.3 Å². The van der Waals surface area contributed by atoms with Gasteiger partial charge in [0.15, 0.2) is 5.78 Å². The second-order valence-corrected chi connectivity index (χ2v) is 11.7. The van der Waals surface area contributed by atoms with Gasteiger partial charge in [-0.25, -0.2) is 9.97 Å². The summed E-state index contributed by atoms with van der Waals surface area (Å²) in [5.74, 6) is 0.694. The van der Waals surface area contributed by atoms with Gasteiger partial charge in [-0.15, -0.1) is 11.3 Å². The molecule has 2 aromatic heterocycles. The molecule has 0 radical (unpaired) electrons. The van der Waals surface area contributed by atoms with Gasteiger partial charge in [0, 0.05) is 43.1 Å². The van der Waals surface area contributed by atoms with E-state index in [4.69, 9.17) is 4.74 Å². The van der Waals surface area contributed by atoms with Crippen LogP contribution in [0.25, 0.3) is 10.2 Å². The van der Waals surface area contributed by atoms with E-state index >= 15 is 0 Å². The molecule has 3 aliphatic rings. The number of nitrogens with zero attached hydrogens (tertiary/aromatic N) is 4. The highest BCUT2D eigenvalue weighted by atomic mass is 32.1. The SMILES string of the molecule is CC(=O)[C@@H](O)C[C@H]1CCc2sc3ncnc(OC4CCC(N5CCN(C(C)C)CC5)CC4)c3c21. The first-order chi connectivity index (χ1) is 16.4. The van der Waals surface area contributed by atoms with Crippen molar-refractivity contribution in [3.8, 4) is 5.88 Å². The highest BCUT2D eigenvalue weighted by Crippen LogP contribution is 2.47. The number of Topliss-reactive ketones (excluding diaryl/α,β-unsaturated/α-hetero) is 1.